The van der Waals surface area contributed by atoms with Gasteiger partial charge in [0, 0.05) is 36.7 Å². The van der Waals surface area contributed by atoms with Crippen molar-refractivity contribution in [2.45, 2.75) is 0 Å². The number of primary amides is 1. The minimum atomic E-state index is -0.527. The van der Waals surface area contributed by atoms with Crippen molar-refractivity contribution in [1.29, 1.82) is 0 Å². The molecular formula is C14H16ClN3O3. The molecule has 3 N–H and O–H groups in total. The first-order valence-electron chi connectivity index (χ1n) is 6.53. The first kappa shape index (κ1) is 15.3. The largest absolute Gasteiger partial charge is 0.366 e. The quantitative estimate of drug-likeness (QED) is 0.762. The van der Waals surface area contributed by atoms with Gasteiger partial charge in [-0.15, -0.1) is 11.6 Å². The molecule has 6 nitrogen and oxygen atoms in total. The van der Waals surface area contributed by atoms with Gasteiger partial charge in [-0.1, -0.05) is 0 Å². The molecule has 1 heterocycles. The molecule has 0 bridgehead atoms. The van der Waals surface area contributed by atoms with E-state index in [1.807, 2.05) is 0 Å². The molecule has 1 saturated heterocycles. The molecule has 0 unspecified atom stereocenters. The molecule has 3 amide bonds. The Balaban J connectivity index is 1.78. The number of halogens is 1. The number of hydrogen-bond donors (Lipinski definition) is 2. The lowest BCUT2D eigenvalue weighted by Crippen LogP contribution is -2.54. The molecule has 0 radical (unpaired) electrons. The molecule has 0 atom stereocenters. The second kappa shape index (κ2) is 6.58. The second-order valence-electron chi connectivity index (χ2n) is 4.95. The zero-order valence-corrected chi connectivity index (χ0v) is 12.1. The summed E-state index contributed by atoms with van der Waals surface area (Å²) >= 11 is 5.46. The van der Waals surface area contributed by atoms with Crippen LogP contribution < -0.4 is 11.1 Å². The zero-order chi connectivity index (χ0) is 15.4. The van der Waals surface area contributed by atoms with Crippen molar-refractivity contribution in [2.75, 3.05) is 25.5 Å². The van der Waals surface area contributed by atoms with Crippen LogP contribution in [0.15, 0.2) is 24.3 Å². The fourth-order valence-corrected chi connectivity index (χ4v) is 2.28. The summed E-state index contributed by atoms with van der Waals surface area (Å²) in [5, 5.41) is 2.80. The van der Waals surface area contributed by atoms with E-state index in [0.29, 0.717) is 30.8 Å². The van der Waals surface area contributed by atoms with Crippen LogP contribution in [0.4, 0.5) is 0 Å². The number of nitrogens with one attached hydrogen (secondary N) is 1. The van der Waals surface area contributed by atoms with Crippen molar-refractivity contribution in [1.82, 2.24) is 10.2 Å². The molecular weight excluding hydrogens is 294 g/mol. The fourth-order valence-electron chi connectivity index (χ4n) is 2.11. The van der Waals surface area contributed by atoms with Crippen LogP contribution in [0.5, 0.6) is 0 Å². The van der Waals surface area contributed by atoms with Gasteiger partial charge in [0.2, 0.25) is 11.8 Å². The molecule has 112 valence electrons. The fraction of sp³-hybridized carbons (Fsp3) is 0.357. The zero-order valence-electron chi connectivity index (χ0n) is 11.3. The topological polar surface area (TPSA) is 92.5 Å². The van der Waals surface area contributed by atoms with E-state index < -0.39 is 5.91 Å². The average Bonchev–Trinajstić information content (AvgIpc) is 2.45. The highest BCUT2D eigenvalue weighted by molar-refractivity contribution is 6.27. The Morgan fingerprint density at radius 2 is 1.76 bits per heavy atom. The predicted octanol–water partition coefficient (Wildman–Crippen LogP) is 0.213. The number of amides is 3. The molecule has 21 heavy (non-hydrogen) atoms. The highest BCUT2D eigenvalue weighted by Crippen LogP contribution is 2.15. The number of carbonyl (C=O) groups is 3. The standard InChI is InChI=1S/C14H16ClN3O3/c15-5-12(19)18-7-9(8-18)6-17-14(21)11-3-1-10(2-4-11)13(16)20/h1-4,9H,5-8H2,(H2,16,20)(H,17,21). The molecule has 1 aromatic rings. The van der Waals surface area contributed by atoms with Crippen LogP contribution in [0.2, 0.25) is 0 Å². The normalized spacial score (nSPS) is 14.4. The number of benzene rings is 1. The smallest absolute Gasteiger partial charge is 0.251 e. The monoisotopic (exact) mass is 309 g/mol. The molecule has 2 rings (SSSR count). The van der Waals surface area contributed by atoms with Crippen molar-refractivity contribution in [3.05, 3.63) is 35.4 Å². The highest BCUT2D eigenvalue weighted by atomic mass is 35.5. The molecule has 7 heteroatoms. The third-order valence-electron chi connectivity index (χ3n) is 3.41. The van der Waals surface area contributed by atoms with Crippen molar-refractivity contribution in [3.8, 4) is 0 Å². The van der Waals surface area contributed by atoms with Crippen molar-refractivity contribution in [3.63, 3.8) is 0 Å². The van der Waals surface area contributed by atoms with E-state index in [-0.39, 0.29) is 23.6 Å². The lowest BCUT2D eigenvalue weighted by atomic mass is 10.00. The van der Waals surface area contributed by atoms with Crippen LogP contribution in [0.1, 0.15) is 20.7 Å². The Morgan fingerprint density at radius 1 is 1.19 bits per heavy atom. The van der Waals surface area contributed by atoms with Gasteiger partial charge < -0.3 is 16.0 Å². The third-order valence-corrected chi connectivity index (χ3v) is 3.64. The minimum absolute atomic E-state index is 0.00864. The summed E-state index contributed by atoms with van der Waals surface area (Å²) in [6.07, 6.45) is 0. The summed E-state index contributed by atoms with van der Waals surface area (Å²) in [6.45, 7) is 1.74. The molecule has 1 aromatic carbocycles. The van der Waals surface area contributed by atoms with Crippen LogP contribution in [0, 0.1) is 5.92 Å². The molecule has 0 spiro atoms. The van der Waals surface area contributed by atoms with E-state index in [1.165, 1.54) is 12.1 Å². The number of alkyl halides is 1. The summed E-state index contributed by atoms with van der Waals surface area (Å²) in [5.74, 6) is -0.577. The summed E-state index contributed by atoms with van der Waals surface area (Å²) in [5.41, 5.74) is 5.96. The van der Waals surface area contributed by atoms with Crippen LogP contribution in [-0.4, -0.2) is 48.1 Å². The number of nitrogens with zero attached hydrogens (tertiary/aromatic N) is 1. The lowest BCUT2D eigenvalue weighted by molar-refractivity contribution is -0.134. The summed E-state index contributed by atoms with van der Waals surface area (Å²) < 4.78 is 0. The second-order valence-corrected chi connectivity index (χ2v) is 5.22. The Labute approximate surface area is 127 Å². The van der Waals surface area contributed by atoms with Gasteiger partial charge in [-0.25, -0.2) is 0 Å². The van der Waals surface area contributed by atoms with Gasteiger partial charge in [-0.05, 0) is 24.3 Å². The molecule has 1 aliphatic rings. The maximum absolute atomic E-state index is 11.9. The van der Waals surface area contributed by atoms with Crippen LogP contribution in [0.25, 0.3) is 0 Å². The van der Waals surface area contributed by atoms with Crippen molar-refractivity contribution >= 4 is 29.3 Å². The van der Waals surface area contributed by atoms with Gasteiger partial charge in [-0.2, -0.15) is 0 Å². The number of carbonyl (C=O) groups excluding carboxylic acids is 3. The number of nitrogens with two attached hydrogens (primary N) is 1. The highest BCUT2D eigenvalue weighted by Gasteiger charge is 2.30. The van der Waals surface area contributed by atoms with E-state index >= 15 is 0 Å². The Morgan fingerprint density at radius 3 is 2.29 bits per heavy atom. The van der Waals surface area contributed by atoms with E-state index in [4.69, 9.17) is 17.3 Å². The lowest BCUT2D eigenvalue weighted by Gasteiger charge is -2.39. The van der Waals surface area contributed by atoms with E-state index in [9.17, 15) is 14.4 Å². The minimum Gasteiger partial charge on any atom is -0.366 e. The number of rotatable bonds is 5. The van der Waals surface area contributed by atoms with Gasteiger partial charge in [0.25, 0.3) is 5.91 Å². The summed E-state index contributed by atoms with van der Waals surface area (Å²) in [6, 6.07) is 6.14. The number of hydrogen-bond acceptors (Lipinski definition) is 3. The van der Waals surface area contributed by atoms with Crippen LogP contribution in [-0.2, 0) is 4.79 Å². The average molecular weight is 310 g/mol. The number of likely N-dealkylation sites (tertiary alicyclic amines) is 1. The SMILES string of the molecule is NC(=O)c1ccc(C(=O)NCC2CN(C(=O)CCl)C2)cc1. The Kier molecular flexibility index (Phi) is 4.80. The molecule has 1 fully saturated rings. The first-order chi connectivity index (χ1) is 10.0. The van der Waals surface area contributed by atoms with Crippen molar-refractivity contribution < 1.29 is 14.4 Å². The van der Waals surface area contributed by atoms with Crippen LogP contribution in [0.3, 0.4) is 0 Å². The van der Waals surface area contributed by atoms with Gasteiger partial charge >= 0.3 is 0 Å². The van der Waals surface area contributed by atoms with E-state index in [2.05, 4.69) is 5.32 Å². The van der Waals surface area contributed by atoms with Gasteiger partial charge in [0.05, 0.1) is 0 Å². The summed E-state index contributed by atoms with van der Waals surface area (Å²) in [4.78, 5) is 35.8. The molecule has 0 saturated carbocycles. The van der Waals surface area contributed by atoms with Gasteiger partial charge in [-0.3, -0.25) is 14.4 Å². The van der Waals surface area contributed by atoms with Gasteiger partial charge in [0.15, 0.2) is 0 Å². The van der Waals surface area contributed by atoms with Crippen LogP contribution >= 0.6 is 11.6 Å². The molecule has 1 aliphatic heterocycles. The maximum Gasteiger partial charge on any atom is 0.251 e. The van der Waals surface area contributed by atoms with E-state index in [0.717, 1.165) is 0 Å². The molecule has 0 aromatic heterocycles. The Bertz CT molecular complexity index is 553. The predicted molar refractivity (Wildman–Crippen MR) is 78.1 cm³/mol. The summed E-state index contributed by atoms with van der Waals surface area (Å²) in [7, 11) is 0. The first-order valence-corrected chi connectivity index (χ1v) is 7.06. The van der Waals surface area contributed by atoms with E-state index in [1.54, 1.807) is 17.0 Å². The third kappa shape index (κ3) is 3.72. The Hall–Kier alpha value is -2.08. The van der Waals surface area contributed by atoms with Gasteiger partial charge in [0.1, 0.15) is 5.88 Å². The van der Waals surface area contributed by atoms with Crippen molar-refractivity contribution in [2.24, 2.45) is 11.7 Å². The maximum atomic E-state index is 11.9. The molecule has 0 aliphatic carbocycles.